The summed E-state index contributed by atoms with van der Waals surface area (Å²) in [6.45, 7) is 5.18. The first kappa shape index (κ1) is 12.7. The monoisotopic (exact) mass is 267 g/mol. The van der Waals surface area contributed by atoms with Gasteiger partial charge in [0.25, 0.3) is 0 Å². The van der Waals surface area contributed by atoms with Crippen molar-refractivity contribution in [3.05, 3.63) is 32.7 Å². The largest absolute Gasteiger partial charge is 0.313 e. The van der Waals surface area contributed by atoms with E-state index in [-0.39, 0.29) is 0 Å². The van der Waals surface area contributed by atoms with Crippen LogP contribution in [0.5, 0.6) is 0 Å². The second kappa shape index (κ2) is 6.23. The molecule has 2 aromatic heterocycles. The predicted octanol–water partition coefficient (Wildman–Crippen LogP) is 2.67. The molecule has 0 saturated carbocycles. The van der Waals surface area contributed by atoms with Gasteiger partial charge in [0.1, 0.15) is 0 Å². The molecule has 92 valence electrons. The van der Waals surface area contributed by atoms with Crippen LogP contribution in [-0.4, -0.2) is 22.6 Å². The highest BCUT2D eigenvalue weighted by atomic mass is 32.1. The summed E-state index contributed by atoms with van der Waals surface area (Å²) in [5.74, 6) is 0. The summed E-state index contributed by atoms with van der Waals surface area (Å²) >= 11 is 3.44. The number of hydrogen-bond donors (Lipinski definition) is 1. The highest BCUT2D eigenvalue weighted by Gasteiger charge is 2.12. The summed E-state index contributed by atoms with van der Waals surface area (Å²) in [5, 5.41) is 10.0. The second-order valence-corrected chi connectivity index (χ2v) is 5.99. The summed E-state index contributed by atoms with van der Waals surface area (Å²) in [6, 6.07) is 0.438. The van der Waals surface area contributed by atoms with Crippen LogP contribution in [0.2, 0.25) is 0 Å². The third-order valence-electron chi connectivity index (χ3n) is 2.52. The van der Waals surface area contributed by atoms with Crippen molar-refractivity contribution in [2.45, 2.75) is 32.7 Å². The Morgan fingerprint density at radius 3 is 2.82 bits per heavy atom. The molecule has 0 saturated heterocycles. The first-order chi connectivity index (χ1) is 8.28. The Kier molecular flexibility index (Phi) is 4.65. The average molecular weight is 267 g/mol. The summed E-state index contributed by atoms with van der Waals surface area (Å²) < 4.78 is 0. The maximum Gasteiger partial charge on any atom is 0.0940 e. The Morgan fingerprint density at radius 1 is 1.35 bits per heavy atom. The Labute approximate surface area is 110 Å². The van der Waals surface area contributed by atoms with Crippen molar-refractivity contribution in [3.63, 3.8) is 0 Å². The molecule has 0 aliphatic heterocycles. The highest BCUT2D eigenvalue weighted by Crippen LogP contribution is 2.13. The van der Waals surface area contributed by atoms with Crippen LogP contribution in [0.1, 0.15) is 22.6 Å². The summed E-state index contributed by atoms with van der Waals surface area (Å²) in [5.41, 5.74) is 1.19. The highest BCUT2D eigenvalue weighted by molar-refractivity contribution is 7.09. The first-order valence-corrected chi connectivity index (χ1v) is 7.56. The zero-order valence-electron chi connectivity index (χ0n) is 10.1. The predicted molar refractivity (Wildman–Crippen MR) is 73.8 cm³/mol. The van der Waals surface area contributed by atoms with E-state index in [1.165, 1.54) is 10.7 Å². The molecule has 1 unspecified atom stereocenters. The summed E-state index contributed by atoms with van der Waals surface area (Å²) in [6.07, 6.45) is 3.84. The molecule has 0 bridgehead atoms. The second-order valence-electron chi connectivity index (χ2n) is 3.95. The Bertz CT molecular complexity index is 436. The maximum absolute atomic E-state index is 4.52. The van der Waals surface area contributed by atoms with E-state index < -0.39 is 0 Å². The van der Waals surface area contributed by atoms with Crippen LogP contribution in [0.3, 0.4) is 0 Å². The number of rotatable bonds is 6. The standard InChI is InChI=1S/C12H17N3S2/c1-3-13-10(7-12-14-4-5-16-12)6-11-8-17-9(2)15-11/h4-5,8,10,13H,3,6-7H2,1-2H3. The van der Waals surface area contributed by atoms with Gasteiger partial charge in [0.2, 0.25) is 0 Å². The molecule has 3 nitrogen and oxygen atoms in total. The van der Waals surface area contributed by atoms with Crippen LogP contribution in [0, 0.1) is 6.92 Å². The van der Waals surface area contributed by atoms with Crippen LogP contribution < -0.4 is 5.32 Å². The number of aromatic nitrogens is 2. The van der Waals surface area contributed by atoms with Gasteiger partial charge in [0.15, 0.2) is 0 Å². The molecular weight excluding hydrogens is 250 g/mol. The lowest BCUT2D eigenvalue weighted by molar-refractivity contribution is 0.516. The van der Waals surface area contributed by atoms with E-state index in [9.17, 15) is 0 Å². The van der Waals surface area contributed by atoms with E-state index in [0.29, 0.717) is 6.04 Å². The molecule has 17 heavy (non-hydrogen) atoms. The zero-order valence-corrected chi connectivity index (χ0v) is 11.8. The molecule has 1 atom stereocenters. The molecule has 2 rings (SSSR count). The van der Waals surface area contributed by atoms with Crippen LogP contribution in [0.4, 0.5) is 0 Å². The summed E-state index contributed by atoms with van der Waals surface area (Å²) in [7, 11) is 0. The van der Waals surface area contributed by atoms with Crippen molar-refractivity contribution < 1.29 is 0 Å². The molecule has 2 heterocycles. The molecule has 5 heteroatoms. The average Bonchev–Trinajstić information content (AvgIpc) is 2.91. The molecule has 0 aromatic carbocycles. The molecule has 1 N–H and O–H groups in total. The van der Waals surface area contributed by atoms with Crippen molar-refractivity contribution in [2.24, 2.45) is 0 Å². The van der Waals surface area contributed by atoms with Crippen molar-refractivity contribution in [1.82, 2.24) is 15.3 Å². The quantitative estimate of drug-likeness (QED) is 0.874. The van der Waals surface area contributed by atoms with Gasteiger partial charge in [-0.1, -0.05) is 6.92 Å². The van der Waals surface area contributed by atoms with E-state index in [1.807, 2.05) is 11.6 Å². The van der Waals surface area contributed by atoms with E-state index in [1.54, 1.807) is 22.7 Å². The minimum Gasteiger partial charge on any atom is -0.313 e. The normalized spacial score (nSPS) is 12.8. The number of likely N-dealkylation sites (N-methyl/N-ethyl adjacent to an activating group) is 1. The van der Waals surface area contributed by atoms with Gasteiger partial charge in [0, 0.05) is 35.8 Å². The molecule has 2 aromatic rings. The Balaban J connectivity index is 1.97. The minimum absolute atomic E-state index is 0.438. The van der Waals surface area contributed by atoms with Gasteiger partial charge in [-0.3, -0.25) is 0 Å². The zero-order chi connectivity index (χ0) is 12.1. The molecular formula is C12H17N3S2. The van der Waals surface area contributed by atoms with E-state index in [4.69, 9.17) is 0 Å². The third-order valence-corrected chi connectivity index (χ3v) is 4.14. The van der Waals surface area contributed by atoms with E-state index in [0.717, 1.165) is 24.4 Å². The number of nitrogens with zero attached hydrogens (tertiary/aromatic N) is 2. The lowest BCUT2D eigenvalue weighted by Crippen LogP contribution is -2.33. The third kappa shape index (κ3) is 3.87. The van der Waals surface area contributed by atoms with Crippen LogP contribution >= 0.6 is 22.7 Å². The number of hydrogen-bond acceptors (Lipinski definition) is 5. The Hall–Kier alpha value is -0.780. The fourth-order valence-corrected chi connectivity index (χ4v) is 3.15. The fourth-order valence-electron chi connectivity index (χ4n) is 1.82. The molecule has 0 aliphatic carbocycles. The van der Waals surface area contributed by atoms with Crippen LogP contribution in [-0.2, 0) is 12.8 Å². The molecule has 0 fully saturated rings. The SMILES string of the molecule is CCNC(Cc1csc(C)n1)Cc1nccs1. The maximum atomic E-state index is 4.52. The molecule has 0 radical (unpaired) electrons. The van der Waals surface area contributed by atoms with Crippen LogP contribution in [0.15, 0.2) is 17.0 Å². The number of aryl methyl sites for hydroxylation is 1. The molecule has 0 spiro atoms. The number of thiazole rings is 2. The molecule has 0 amide bonds. The van der Waals surface area contributed by atoms with Gasteiger partial charge in [0.05, 0.1) is 15.7 Å². The van der Waals surface area contributed by atoms with Crippen molar-refractivity contribution in [1.29, 1.82) is 0 Å². The fraction of sp³-hybridized carbons (Fsp3) is 0.500. The lowest BCUT2D eigenvalue weighted by atomic mass is 10.1. The van der Waals surface area contributed by atoms with Gasteiger partial charge < -0.3 is 5.32 Å². The lowest BCUT2D eigenvalue weighted by Gasteiger charge is -2.15. The minimum atomic E-state index is 0.438. The summed E-state index contributed by atoms with van der Waals surface area (Å²) in [4.78, 5) is 8.87. The van der Waals surface area contributed by atoms with Crippen molar-refractivity contribution in [3.8, 4) is 0 Å². The van der Waals surface area contributed by atoms with Gasteiger partial charge in [-0.25, -0.2) is 9.97 Å². The van der Waals surface area contributed by atoms with Gasteiger partial charge in [-0.15, -0.1) is 22.7 Å². The first-order valence-electron chi connectivity index (χ1n) is 5.80. The topological polar surface area (TPSA) is 37.8 Å². The molecule has 0 aliphatic rings. The van der Waals surface area contributed by atoms with Gasteiger partial charge in [-0.05, 0) is 13.5 Å². The smallest absolute Gasteiger partial charge is 0.0940 e. The van der Waals surface area contributed by atoms with Crippen molar-refractivity contribution >= 4 is 22.7 Å². The van der Waals surface area contributed by atoms with Crippen molar-refractivity contribution in [2.75, 3.05) is 6.54 Å². The van der Waals surface area contributed by atoms with Gasteiger partial charge >= 0.3 is 0 Å². The van der Waals surface area contributed by atoms with Crippen LogP contribution in [0.25, 0.3) is 0 Å². The Morgan fingerprint density at radius 2 is 2.24 bits per heavy atom. The van der Waals surface area contributed by atoms with Gasteiger partial charge in [-0.2, -0.15) is 0 Å². The number of nitrogens with one attached hydrogen (secondary N) is 1. The van der Waals surface area contributed by atoms with E-state index in [2.05, 4.69) is 34.5 Å². The van der Waals surface area contributed by atoms with E-state index >= 15 is 0 Å².